The van der Waals surface area contributed by atoms with Crippen LogP contribution in [0.3, 0.4) is 0 Å². The molecule has 3 amide bonds. The number of hydrogen-bond donors (Lipinski definition) is 4. The Balaban J connectivity index is 3.36. The van der Waals surface area contributed by atoms with Crippen LogP contribution in [0.25, 0.3) is 0 Å². The average Bonchev–Trinajstić information content (AvgIpc) is 2.84. The molecule has 0 saturated heterocycles. The fourth-order valence-corrected chi connectivity index (χ4v) is 4.09. The van der Waals surface area contributed by atoms with Crippen LogP contribution in [0.4, 0.5) is 4.79 Å². The summed E-state index contributed by atoms with van der Waals surface area (Å²) in [6, 6.07) is 2.55. The largest absolute Gasteiger partial charge is 0.508 e. The number of rotatable bonds is 16. The normalized spacial score (nSPS) is 12.9. The number of aryl methyl sites for hydroxylation is 1. The first-order valence-electron chi connectivity index (χ1n) is 13.9. The minimum Gasteiger partial charge on any atom is -0.508 e. The fourth-order valence-electron chi connectivity index (χ4n) is 4.09. The van der Waals surface area contributed by atoms with Gasteiger partial charge in [-0.3, -0.25) is 9.59 Å². The number of nitrogens with zero attached hydrogens (tertiary/aromatic N) is 1. The summed E-state index contributed by atoms with van der Waals surface area (Å²) in [5, 5.41) is 25.6. The standard InChI is InChI=1S/C29H49N3O6/c1-7-9-11-12-14-18-32(27(36)23(20-33)31-28(37)38-29(4,5)6)25(26(35)30-17-13-10-8-2)22-15-16-24(34)21(3)19-22/h15-16,19,23,25,33-34H,7-14,17-18,20H2,1-6H3,(H,30,35)(H,31,37). The second-order valence-electron chi connectivity index (χ2n) is 10.8. The maximum absolute atomic E-state index is 13.8. The summed E-state index contributed by atoms with van der Waals surface area (Å²) in [5.74, 6) is -0.830. The van der Waals surface area contributed by atoms with E-state index in [1.807, 2.05) is 0 Å². The highest BCUT2D eigenvalue weighted by Crippen LogP contribution is 2.27. The summed E-state index contributed by atoms with van der Waals surface area (Å²) >= 11 is 0. The third-order valence-corrected chi connectivity index (χ3v) is 6.13. The Kier molecular flexibility index (Phi) is 14.8. The Morgan fingerprint density at radius 2 is 1.63 bits per heavy atom. The summed E-state index contributed by atoms with van der Waals surface area (Å²) in [4.78, 5) is 41.2. The highest BCUT2D eigenvalue weighted by Gasteiger charge is 2.36. The van der Waals surface area contributed by atoms with E-state index in [-0.39, 0.29) is 18.2 Å². The fraction of sp³-hybridized carbons (Fsp3) is 0.690. The van der Waals surface area contributed by atoms with Gasteiger partial charge in [-0.1, -0.05) is 58.4 Å². The SMILES string of the molecule is CCCCCCCN(C(=O)C(CO)NC(=O)OC(C)(C)C)C(C(=O)NCCCCC)c1ccc(O)c(C)c1. The highest BCUT2D eigenvalue weighted by atomic mass is 16.6. The van der Waals surface area contributed by atoms with E-state index in [0.29, 0.717) is 24.1 Å². The summed E-state index contributed by atoms with van der Waals surface area (Å²) in [6.45, 7) is 11.1. The van der Waals surface area contributed by atoms with Gasteiger partial charge >= 0.3 is 6.09 Å². The van der Waals surface area contributed by atoms with Crippen molar-refractivity contribution in [2.45, 2.75) is 111 Å². The number of nitrogens with one attached hydrogen (secondary N) is 2. The van der Waals surface area contributed by atoms with Crippen LogP contribution in [0.15, 0.2) is 18.2 Å². The number of carbonyl (C=O) groups is 3. The molecule has 9 nitrogen and oxygen atoms in total. The summed E-state index contributed by atoms with van der Waals surface area (Å²) in [6.07, 6.45) is 6.65. The highest BCUT2D eigenvalue weighted by molar-refractivity contribution is 5.92. The zero-order valence-electron chi connectivity index (χ0n) is 24.1. The number of hydrogen-bond acceptors (Lipinski definition) is 6. The van der Waals surface area contributed by atoms with Crippen molar-refractivity contribution < 1.29 is 29.3 Å². The van der Waals surface area contributed by atoms with Crippen LogP contribution < -0.4 is 10.6 Å². The molecule has 38 heavy (non-hydrogen) atoms. The minimum absolute atomic E-state index is 0.0909. The number of carbonyl (C=O) groups excluding carboxylic acids is 3. The van der Waals surface area contributed by atoms with Crippen molar-refractivity contribution >= 4 is 17.9 Å². The monoisotopic (exact) mass is 535 g/mol. The molecule has 0 spiro atoms. The van der Waals surface area contributed by atoms with Crippen LogP contribution in [0, 0.1) is 6.92 Å². The van der Waals surface area contributed by atoms with Crippen molar-refractivity contribution in [3.8, 4) is 5.75 Å². The van der Waals surface area contributed by atoms with Crippen LogP contribution in [-0.2, 0) is 14.3 Å². The number of aliphatic hydroxyl groups excluding tert-OH is 1. The van der Waals surface area contributed by atoms with Crippen LogP contribution in [0.5, 0.6) is 5.75 Å². The maximum Gasteiger partial charge on any atom is 0.408 e. The van der Waals surface area contributed by atoms with Crippen molar-refractivity contribution in [3.63, 3.8) is 0 Å². The molecule has 0 saturated carbocycles. The van der Waals surface area contributed by atoms with Gasteiger partial charge in [0.1, 0.15) is 23.4 Å². The zero-order chi connectivity index (χ0) is 28.7. The van der Waals surface area contributed by atoms with E-state index in [1.54, 1.807) is 39.8 Å². The lowest BCUT2D eigenvalue weighted by Gasteiger charge is -2.34. The number of benzene rings is 1. The second-order valence-corrected chi connectivity index (χ2v) is 10.8. The Bertz CT molecular complexity index is 884. The van der Waals surface area contributed by atoms with Crippen LogP contribution in [0.1, 0.15) is 103 Å². The molecule has 0 aliphatic rings. The smallest absolute Gasteiger partial charge is 0.408 e. The van der Waals surface area contributed by atoms with Gasteiger partial charge in [-0.15, -0.1) is 0 Å². The number of amides is 3. The van der Waals surface area contributed by atoms with Crippen LogP contribution in [0.2, 0.25) is 0 Å². The molecule has 4 N–H and O–H groups in total. The third kappa shape index (κ3) is 11.7. The van der Waals surface area contributed by atoms with Gasteiger partial charge in [0.25, 0.3) is 0 Å². The quantitative estimate of drug-likeness (QED) is 0.227. The Hall–Kier alpha value is -2.81. The van der Waals surface area contributed by atoms with E-state index in [4.69, 9.17) is 4.74 Å². The molecule has 0 heterocycles. The minimum atomic E-state index is -1.28. The number of phenolic OH excluding ortho intramolecular Hbond substituents is 1. The van der Waals surface area contributed by atoms with Crippen molar-refractivity contribution in [3.05, 3.63) is 29.3 Å². The molecule has 1 aromatic rings. The molecule has 0 fully saturated rings. The third-order valence-electron chi connectivity index (χ3n) is 6.13. The molecular formula is C29H49N3O6. The summed E-state index contributed by atoms with van der Waals surface area (Å²) in [7, 11) is 0. The lowest BCUT2D eigenvalue weighted by molar-refractivity contribution is -0.143. The van der Waals surface area contributed by atoms with E-state index >= 15 is 0 Å². The molecule has 2 unspecified atom stereocenters. The molecule has 1 aromatic carbocycles. The molecule has 2 atom stereocenters. The molecule has 0 aliphatic carbocycles. The molecule has 216 valence electrons. The number of phenols is 1. The van der Waals surface area contributed by atoms with Gasteiger partial charge in [0, 0.05) is 13.1 Å². The maximum atomic E-state index is 13.8. The van der Waals surface area contributed by atoms with Gasteiger partial charge < -0.3 is 30.5 Å². The van der Waals surface area contributed by atoms with Gasteiger partial charge in [-0.05, 0) is 63.8 Å². The number of aliphatic hydroxyl groups is 1. The predicted molar refractivity (Wildman–Crippen MR) is 149 cm³/mol. The first-order valence-corrected chi connectivity index (χ1v) is 13.9. The number of ether oxygens (including phenoxy) is 1. The average molecular weight is 536 g/mol. The van der Waals surface area contributed by atoms with Crippen molar-refractivity contribution in [2.24, 2.45) is 0 Å². The molecule has 9 heteroatoms. The molecular weight excluding hydrogens is 486 g/mol. The zero-order valence-corrected chi connectivity index (χ0v) is 24.1. The molecule has 0 aromatic heterocycles. The lowest BCUT2D eigenvalue weighted by Crippen LogP contribution is -2.54. The first kappa shape index (κ1) is 33.2. The van der Waals surface area contributed by atoms with Crippen LogP contribution >= 0.6 is 0 Å². The Labute approximate surface area is 228 Å². The lowest BCUT2D eigenvalue weighted by atomic mass is 9.99. The van der Waals surface area contributed by atoms with Gasteiger partial charge in [-0.25, -0.2) is 4.79 Å². The van der Waals surface area contributed by atoms with E-state index in [0.717, 1.165) is 44.9 Å². The van der Waals surface area contributed by atoms with E-state index in [9.17, 15) is 24.6 Å². The van der Waals surface area contributed by atoms with E-state index < -0.39 is 36.3 Å². The van der Waals surface area contributed by atoms with Crippen molar-refractivity contribution in [1.82, 2.24) is 15.5 Å². The van der Waals surface area contributed by atoms with Gasteiger partial charge in [-0.2, -0.15) is 0 Å². The van der Waals surface area contributed by atoms with E-state index in [1.165, 1.54) is 11.0 Å². The topological polar surface area (TPSA) is 128 Å². The Morgan fingerprint density at radius 1 is 1.00 bits per heavy atom. The molecule has 0 radical (unpaired) electrons. The molecule has 0 bridgehead atoms. The van der Waals surface area contributed by atoms with Gasteiger partial charge in [0.05, 0.1) is 6.61 Å². The Morgan fingerprint density at radius 3 is 2.21 bits per heavy atom. The molecule has 1 rings (SSSR count). The number of alkyl carbamates (subject to hydrolysis) is 1. The number of unbranched alkanes of at least 4 members (excludes halogenated alkanes) is 6. The van der Waals surface area contributed by atoms with Crippen LogP contribution in [-0.4, -0.2) is 64.4 Å². The first-order chi connectivity index (χ1) is 17.9. The van der Waals surface area contributed by atoms with E-state index in [2.05, 4.69) is 24.5 Å². The predicted octanol–water partition coefficient (Wildman–Crippen LogP) is 4.73. The van der Waals surface area contributed by atoms with Gasteiger partial charge in [0.2, 0.25) is 11.8 Å². The van der Waals surface area contributed by atoms with Crippen molar-refractivity contribution in [2.75, 3.05) is 19.7 Å². The number of aromatic hydroxyl groups is 1. The molecule has 0 aliphatic heterocycles. The van der Waals surface area contributed by atoms with Crippen molar-refractivity contribution in [1.29, 1.82) is 0 Å². The summed E-state index contributed by atoms with van der Waals surface area (Å²) in [5.41, 5.74) is 0.340. The summed E-state index contributed by atoms with van der Waals surface area (Å²) < 4.78 is 5.28. The second kappa shape index (κ2) is 16.9. The van der Waals surface area contributed by atoms with Gasteiger partial charge in [0.15, 0.2) is 0 Å².